The molecule has 1 saturated carbocycles. The van der Waals surface area contributed by atoms with Crippen molar-refractivity contribution >= 4 is 23.4 Å². The lowest BCUT2D eigenvalue weighted by molar-refractivity contribution is -0.132. The number of hydrogen-bond donors (Lipinski definition) is 1. The summed E-state index contributed by atoms with van der Waals surface area (Å²) in [6.45, 7) is 2.12. The number of amides is 2. The van der Waals surface area contributed by atoms with Gasteiger partial charge in [0.05, 0.1) is 0 Å². The number of hydrogen-bond acceptors (Lipinski definition) is 3. The van der Waals surface area contributed by atoms with Crippen molar-refractivity contribution in [2.75, 3.05) is 19.6 Å². The van der Waals surface area contributed by atoms with E-state index >= 15 is 0 Å². The number of likely N-dealkylation sites (tertiary alicyclic amines) is 1. The number of aromatic nitrogens is 1. The Labute approximate surface area is 182 Å². The van der Waals surface area contributed by atoms with Crippen molar-refractivity contribution in [3.63, 3.8) is 0 Å². The summed E-state index contributed by atoms with van der Waals surface area (Å²) in [6, 6.07) is 13.5. The molecule has 1 atom stereocenters. The Morgan fingerprint density at radius 2 is 1.87 bits per heavy atom. The molecule has 1 saturated heterocycles. The molecule has 2 fully saturated rings. The van der Waals surface area contributed by atoms with Crippen LogP contribution in [0.25, 0.3) is 0 Å². The van der Waals surface area contributed by atoms with Gasteiger partial charge in [-0.05, 0) is 54.9 Å². The molecule has 2 aliphatic rings. The summed E-state index contributed by atoms with van der Waals surface area (Å²) in [5.41, 5.74) is 2.12. The number of carbonyl (C=O) groups excluding carboxylic acids is 2. The minimum absolute atomic E-state index is 0.0987. The van der Waals surface area contributed by atoms with Crippen LogP contribution in [0.1, 0.15) is 36.9 Å². The number of halogens is 1. The Bertz CT molecular complexity index is 894. The molecule has 0 radical (unpaired) electrons. The van der Waals surface area contributed by atoms with Crippen LogP contribution in [0.4, 0.5) is 0 Å². The third-order valence-corrected chi connectivity index (χ3v) is 6.96. The molecule has 1 aromatic carbocycles. The van der Waals surface area contributed by atoms with Gasteiger partial charge in [0.2, 0.25) is 11.8 Å². The molecule has 30 heavy (non-hydrogen) atoms. The smallest absolute Gasteiger partial charge is 0.223 e. The number of piperidine rings is 1. The molecule has 1 N–H and O–H groups in total. The van der Waals surface area contributed by atoms with Crippen LogP contribution in [0.15, 0.2) is 48.7 Å². The monoisotopic (exact) mass is 425 g/mol. The van der Waals surface area contributed by atoms with Crippen molar-refractivity contribution in [2.24, 2.45) is 11.3 Å². The van der Waals surface area contributed by atoms with Crippen LogP contribution in [0.2, 0.25) is 5.02 Å². The van der Waals surface area contributed by atoms with Crippen molar-refractivity contribution in [2.45, 2.75) is 38.5 Å². The summed E-state index contributed by atoms with van der Waals surface area (Å²) in [5, 5.41) is 3.79. The molecule has 158 valence electrons. The van der Waals surface area contributed by atoms with Crippen molar-refractivity contribution in [3.05, 3.63) is 64.9 Å². The average molecular weight is 426 g/mol. The summed E-state index contributed by atoms with van der Waals surface area (Å²) in [7, 11) is 0. The largest absolute Gasteiger partial charge is 0.355 e. The van der Waals surface area contributed by atoms with Gasteiger partial charge in [-0.25, -0.2) is 0 Å². The molecule has 5 nitrogen and oxygen atoms in total. The second kappa shape index (κ2) is 9.17. The van der Waals surface area contributed by atoms with Gasteiger partial charge in [0.1, 0.15) is 0 Å². The van der Waals surface area contributed by atoms with Gasteiger partial charge in [0.25, 0.3) is 0 Å². The number of rotatable bonds is 7. The maximum Gasteiger partial charge on any atom is 0.223 e. The topological polar surface area (TPSA) is 62.3 Å². The fraction of sp³-hybridized carbons (Fsp3) is 0.458. The highest BCUT2D eigenvalue weighted by Gasteiger charge is 2.58. The summed E-state index contributed by atoms with van der Waals surface area (Å²) in [5.74, 6) is 0.438. The molecular formula is C24H28ClN3O2. The molecule has 1 spiro atoms. The highest BCUT2D eigenvalue weighted by atomic mass is 35.5. The van der Waals surface area contributed by atoms with Crippen molar-refractivity contribution in [3.8, 4) is 0 Å². The van der Waals surface area contributed by atoms with Crippen molar-refractivity contribution in [1.82, 2.24) is 15.2 Å². The van der Waals surface area contributed by atoms with Gasteiger partial charge in [-0.1, -0.05) is 35.9 Å². The minimum atomic E-state index is 0.0987. The Morgan fingerprint density at radius 1 is 1.10 bits per heavy atom. The first-order valence-corrected chi connectivity index (χ1v) is 11.1. The highest BCUT2D eigenvalue weighted by Crippen LogP contribution is 2.59. The summed E-state index contributed by atoms with van der Waals surface area (Å²) < 4.78 is 0. The quantitative estimate of drug-likeness (QED) is 0.736. The zero-order valence-electron chi connectivity index (χ0n) is 17.1. The number of nitrogens with one attached hydrogen (secondary N) is 1. The lowest BCUT2D eigenvalue weighted by Crippen LogP contribution is -2.40. The van der Waals surface area contributed by atoms with Crippen LogP contribution in [-0.4, -0.2) is 41.3 Å². The molecule has 1 aromatic heterocycles. The van der Waals surface area contributed by atoms with Crippen LogP contribution in [0, 0.1) is 11.3 Å². The SMILES string of the molecule is O=C(NCCc1ccccn1)[C@@H]1CC12CCN(C(=O)CCc1ccccc1Cl)CC2. The summed E-state index contributed by atoms with van der Waals surface area (Å²) in [4.78, 5) is 31.4. The number of carbonyl (C=O) groups is 2. The normalized spacial score (nSPS) is 19.5. The molecule has 4 rings (SSSR count). The van der Waals surface area contributed by atoms with E-state index in [-0.39, 0.29) is 23.1 Å². The van der Waals surface area contributed by atoms with Crippen LogP contribution in [0.5, 0.6) is 0 Å². The van der Waals surface area contributed by atoms with Gasteiger partial charge in [0.15, 0.2) is 0 Å². The lowest BCUT2D eigenvalue weighted by atomic mass is 9.90. The number of aryl methyl sites for hydroxylation is 1. The maximum atomic E-state index is 12.6. The van der Waals surface area contributed by atoms with E-state index in [2.05, 4.69) is 10.3 Å². The Hall–Kier alpha value is -2.40. The van der Waals surface area contributed by atoms with Gasteiger partial charge in [-0.15, -0.1) is 0 Å². The second-order valence-electron chi connectivity index (χ2n) is 8.45. The predicted molar refractivity (Wildman–Crippen MR) is 117 cm³/mol. The molecular weight excluding hydrogens is 398 g/mol. The third kappa shape index (κ3) is 4.84. The van der Waals surface area contributed by atoms with Crippen LogP contribution in [0.3, 0.4) is 0 Å². The van der Waals surface area contributed by atoms with E-state index < -0.39 is 0 Å². The lowest BCUT2D eigenvalue weighted by Gasteiger charge is -2.33. The number of benzene rings is 1. The van der Waals surface area contributed by atoms with Crippen LogP contribution >= 0.6 is 11.6 Å². The number of pyridine rings is 1. The molecule has 2 heterocycles. The van der Waals surface area contributed by atoms with Gasteiger partial charge in [0, 0.05) is 55.3 Å². The van der Waals surface area contributed by atoms with Gasteiger partial charge >= 0.3 is 0 Å². The first kappa shape index (κ1) is 20.9. The molecule has 2 amide bonds. The molecule has 0 unspecified atom stereocenters. The maximum absolute atomic E-state index is 12.6. The van der Waals surface area contributed by atoms with Crippen LogP contribution < -0.4 is 5.32 Å². The minimum Gasteiger partial charge on any atom is -0.355 e. The predicted octanol–water partition coefficient (Wildman–Crippen LogP) is 3.66. The van der Waals surface area contributed by atoms with E-state index in [4.69, 9.17) is 11.6 Å². The fourth-order valence-corrected chi connectivity index (χ4v) is 4.79. The van der Waals surface area contributed by atoms with E-state index in [1.54, 1.807) is 6.20 Å². The van der Waals surface area contributed by atoms with E-state index in [0.29, 0.717) is 19.4 Å². The average Bonchev–Trinajstić information content (AvgIpc) is 3.47. The molecule has 0 bridgehead atoms. The van der Waals surface area contributed by atoms with E-state index in [0.717, 1.165) is 55.1 Å². The third-order valence-electron chi connectivity index (χ3n) is 6.59. The standard InChI is InChI=1S/C24H28ClN3O2/c25-21-7-2-1-5-18(21)8-9-22(29)28-15-11-24(12-16-28)17-20(24)23(30)27-14-10-19-6-3-4-13-26-19/h1-7,13,20H,8-12,14-17H2,(H,27,30)/t20-/m0/s1. The first-order chi connectivity index (χ1) is 14.6. The molecule has 2 aromatic rings. The Kier molecular flexibility index (Phi) is 6.38. The second-order valence-corrected chi connectivity index (χ2v) is 8.86. The van der Waals surface area contributed by atoms with E-state index in [1.807, 2.05) is 47.4 Å². The first-order valence-electron chi connectivity index (χ1n) is 10.8. The molecule has 1 aliphatic carbocycles. The zero-order chi connectivity index (χ0) is 21.0. The Balaban J connectivity index is 1.18. The van der Waals surface area contributed by atoms with Crippen LogP contribution in [-0.2, 0) is 22.4 Å². The summed E-state index contributed by atoms with van der Waals surface area (Å²) in [6.07, 6.45) is 6.46. The van der Waals surface area contributed by atoms with Crippen molar-refractivity contribution < 1.29 is 9.59 Å². The van der Waals surface area contributed by atoms with Gasteiger partial charge in [-0.2, -0.15) is 0 Å². The van der Waals surface area contributed by atoms with Crippen molar-refractivity contribution in [1.29, 1.82) is 0 Å². The number of nitrogens with zero attached hydrogens (tertiary/aromatic N) is 2. The molecule has 6 heteroatoms. The van der Waals surface area contributed by atoms with Gasteiger partial charge in [-0.3, -0.25) is 14.6 Å². The highest BCUT2D eigenvalue weighted by molar-refractivity contribution is 6.31. The Morgan fingerprint density at radius 3 is 2.60 bits per heavy atom. The molecule has 1 aliphatic heterocycles. The van der Waals surface area contributed by atoms with E-state index in [9.17, 15) is 9.59 Å². The zero-order valence-corrected chi connectivity index (χ0v) is 17.9. The van der Waals surface area contributed by atoms with Gasteiger partial charge < -0.3 is 10.2 Å². The van der Waals surface area contributed by atoms with E-state index in [1.165, 1.54) is 0 Å². The summed E-state index contributed by atoms with van der Waals surface area (Å²) >= 11 is 6.19. The fourth-order valence-electron chi connectivity index (χ4n) is 4.56.